The molecule has 0 aliphatic heterocycles. The third-order valence-corrected chi connectivity index (χ3v) is 1.17. The Balaban J connectivity index is 2.69. The lowest BCUT2D eigenvalue weighted by molar-refractivity contribution is 0.297. The topological polar surface area (TPSA) is 35.0 Å². The van der Waals surface area contributed by atoms with Crippen LogP contribution in [0.15, 0.2) is 25.2 Å². The normalized spacial score (nSPS) is 9.18. The number of hydrogen-bond acceptors (Lipinski definition) is 3. The van der Waals surface area contributed by atoms with E-state index >= 15 is 0 Å². The van der Waals surface area contributed by atoms with E-state index in [0.717, 1.165) is 0 Å². The molecule has 0 saturated carbocycles. The van der Waals surface area contributed by atoms with Gasteiger partial charge in [0, 0.05) is 12.4 Å². The van der Waals surface area contributed by atoms with E-state index in [1.54, 1.807) is 18.6 Å². The molecule has 1 aromatic rings. The summed E-state index contributed by atoms with van der Waals surface area (Å²) in [7, 11) is 0. The van der Waals surface area contributed by atoms with Crippen molar-refractivity contribution in [2.24, 2.45) is 0 Å². The predicted octanol–water partition coefficient (Wildman–Crippen LogP) is 1.48. The highest BCUT2D eigenvalue weighted by molar-refractivity contribution is 5.51. The second kappa shape index (κ2) is 3.71. The second-order valence-corrected chi connectivity index (χ2v) is 1.95. The molecule has 0 amide bonds. The molecule has 1 heterocycles. The Morgan fingerprint density at radius 1 is 1.64 bits per heavy atom. The van der Waals surface area contributed by atoms with Gasteiger partial charge in [0.2, 0.25) is 0 Å². The molecule has 0 unspecified atom stereocenters. The zero-order valence-corrected chi connectivity index (χ0v) is 6.45. The molecule has 0 atom stereocenters. The monoisotopic (exact) mass is 150 g/mol. The summed E-state index contributed by atoms with van der Waals surface area (Å²) in [4.78, 5) is 7.89. The Hall–Kier alpha value is -1.38. The molecule has 11 heavy (non-hydrogen) atoms. The number of rotatable bonds is 3. The highest BCUT2D eigenvalue weighted by Gasteiger charge is 1.97. The van der Waals surface area contributed by atoms with Gasteiger partial charge in [-0.3, -0.25) is 4.98 Å². The summed E-state index contributed by atoms with van der Waals surface area (Å²) < 4.78 is 5.13. The van der Waals surface area contributed by atoms with Gasteiger partial charge in [0.15, 0.2) is 0 Å². The molecular weight excluding hydrogens is 140 g/mol. The lowest BCUT2D eigenvalue weighted by atomic mass is 10.4. The summed E-state index contributed by atoms with van der Waals surface area (Å²) in [6.07, 6.45) is 4.85. The molecule has 1 rings (SSSR count). The highest BCUT2D eigenvalue weighted by atomic mass is 16.5. The number of ether oxygens (including phenoxy) is 1. The maximum absolute atomic E-state index is 5.13. The fourth-order valence-electron chi connectivity index (χ4n) is 0.691. The Bertz CT molecular complexity index is 233. The lowest BCUT2D eigenvalue weighted by Crippen LogP contribution is -1.93. The van der Waals surface area contributed by atoms with Gasteiger partial charge in [0.05, 0.1) is 12.8 Å². The van der Waals surface area contributed by atoms with Crippen LogP contribution in [0.3, 0.4) is 0 Å². The predicted molar refractivity (Wildman–Crippen MR) is 42.7 cm³/mol. The standard InChI is InChI=1S/C8H10N2O/c1-3-11-7(2)8-6-9-4-5-10-8/h4-6H,2-3H2,1H3. The van der Waals surface area contributed by atoms with Crippen LogP contribution < -0.4 is 0 Å². The molecule has 0 aliphatic carbocycles. The van der Waals surface area contributed by atoms with Crippen molar-refractivity contribution >= 4 is 5.76 Å². The minimum Gasteiger partial charge on any atom is -0.492 e. The summed E-state index contributed by atoms with van der Waals surface area (Å²) in [5, 5.41) is 0. The van der Waals surface area contributed by atoms with Gasteiger partial charge in [-0.2, -0.15) is 0 Å². The van der Waals surface area contributed by atoms with Gasteiger partial charge >= 0.3 is 0 Å². The van der Waals surface area contributed by atoms with Crippen molar-refractivity contribution in [3.8, 4) is 0 Å². The van der Waals surface area contributed by atoms with Crippen LogP contribution in [0.4, 0.5) is 0 Å². The van der Waals surface area contributed by atoms with E-state index in [2.05, 4.69) is 16.5 Å². The zero-order valence-electron chi connectivity index (χ0n) is 6.45. The van der Waals surface area contributed by atoms with Crippen LogP contribution in [-0.2, 0) is 4.74 Å². The quantitative estimate of drug-likeness (QED) is 0.612. The molecule has 1 aromatic heterocycles. The third-order valence-electron chi connectivity index (χ3n) is 1.17. The summed E-state index contributed by atoms with van der Waals surface area (Å²) in [6.45, 7) is 6.20. The first kappa shape index (κ1) is 7.72. The zero-order chi connectivity index (χ0) is 8.10. The van der Waals surface area contributed by atoms with Gasteiger partial charge in [-0.1, -0.05) is 6.58 Å². The molecule has 3 heteroatoms. The third kappa shape index (κ3) is 2.04. The van der Waals surface area contributed by atoms with E-state index in [9.17, 15) is 0 Å². The molecule has 0 spiro atoms. The van der Waals surface area contributed by atoms with Crippen LogP contribution in [0.1, 0.15) is 12.6 Å². The van der Waals surface area contributed by atoms with Crippen LogP contribution in [0.2, 0.25) is 0 Å². The van der Waals surface area contributed by atoms with Gasteiger partial charge in [-0.15, -0.1) is 0 Å². The fourth-order valence-corrected chi connectivity index (χ4v) is 0.691. The molecule has 0 N–H and O–H groups in total. The van der Waals surface area contributed by atoms with E-state index in [-0.39, 0.29) is 0 Å². The summed E-state index contributed by atoms with van der Waals surface area (Å²) in [5.41, 5.74) is 0.689. The minimum absolute atomic E-state index is 0.570. The van der Waals surface area contributed by atoms with Crippen molar-refractivity contribution < 1.29 is 4.74 Å². The molecular formula is C8H10N2O. The fraction of sp³-hybridized carbons (Fsp3) is 0.250. The molecule has 3 nitrogen and oxygen atoms in total. The van der Waals surface area contributed by atoms with Crippen LogP contribution in [0.5, 0.6) is 0 Å². The van der Waals surface area contributed by atoms with Crippen molar-refractivity contribution in [1.82, 2.24) is 9.97 Å². The van der Waals surface area contributed by atoms with Crippen molar-refractivity contribution in [3.05, 3.63) is 30.9 Å². The number of hydrogen-bond donors (Lipinski definition) is 0. The second-order valence-electron chi connectivity index (χ2n) is 1.95. The van der Waals surface area contributed by atoms with E-state index in [0.29, 0.717) is 18.1 Å². The van der Waals surface area contributed by atoms with Crippen molar-refractivity contribution in [3.63, 3.8) is 0 Å². The van der Waals surface area contributed by atoms with E-state index in [1.807, 2.05) is 6.92 Å². The van der Waals surface area contributed by atoms with Gasteiger partial charge in [-0.05, 0) is 6.92 Å². The van der Waals surface area contributed by atoms with Crippen molar-refractivity contribution in [1.29, 1.82) is 0 Å². The molecule has 0 bridgehead atoms. The summed E-state index contributed by atoms with van der Waals surface area (Å²) in [6, 6.07) is 0. The van der Waals surface area contributed by atoms with Gasteiger partial charge in [0.1, 0.15) is 11.5 Å². The molecule has 0 fully saturated rings. The van der Waals surface area contributed by atoms with Crippen LogP contribution in [0, 0.1) is 0 Å². The number of nitrogens with zero attached hydrogens (tertiary/aromatic N) is 2. The van der Waals surface area contributed by atoms with Gasteiger partial charge < -0.3 is 4.74 Å². The maximum atomic E-state index is 5.13. The van der Waals surface area contributed by atoms with Crippen LogP contribution in [0.25, 0.3) is 5.76 Å². The Labute approximate surface area is 65.8 Å². The molecule has 0 aromatic carbocycles. The van der Waals surface area contributed by atoms with E-state index in [4.69, 9.17) is 4.74 Å². The minimum atomic E-state index is 0.570. The van der Waals surface area contributed by atoms with Crippen molar-refractivity contribution in [2.75, 3.05) is 6.61 Å². The van der Waals surface area contributed by atoms with E-state index < -0.39 is 0 Å². The first-order valence-electron chi connectivity index (χ1n) is 3.42. The molecule has 0 saturated heterocycles. The summed E-state index contributed by atoms with van der Waals surface area (Å²) >= 11 is 0. The van der Waals surface area contributed by atoms with Crippen LogP contribution >= 0.6 is 0 Å². The van der Waals surface area contributed by atoms with Gasteiger partial charge in [0.25, 0.3) is 0 Å². The average molecular weight is 150 g/mol. The average Bonchev–Trinajstić information content (AvgIpc) is 2.07. The molecule has 0 radical (unpaired) electrons. The number of aromatic nitrogens is 2. The maximum Gasteiger partial charge on any atom is 0.139 e. The Morgan fingerprint density at radius 2 is 2.45 bits per heavy atom. The Morgan fingerprint density at radius 3 is 3.00 bits per heavy atom. The van der Waals surface area contributed by atoms with E-state index in [1.165, 1.54) is 0 Å². The van der Waals surface area contributed by atoms with Gasteiger partial charge in [-0.25, -0.2) is 4.98 Å². The highest BCUT2D eigenvalue weighted by Crippen LogP contribution is 2.07. The van der Waals surface area contributed by atoms with Crippen LogP contribution in [-0.4, -0.2) is 16.6 Å². The first-order chi connectivity index (χ1) is 5.34. The Kier molecular flexibility index (Phi) is 2.60. The molecule has 0 aliphatic rings. The van der Waals surface area contributed by atoms with Crippen molar-refractivity contribution in [2.45, 2.75) is 6.92 Å². The lowest BCUT2D eigenvalue weighted by Gasteiger charge is -2.03. The summed E-state index contributed by atoms with van der Waals surface area (Å²) in [5.74, 6) is 0.570. The SMILES string of the molecule is C=C(OCC)c1cnccn1. The first-order valence-corrected chi connectivity index (χ1v) is 3.42. The largest absolute Gasteiger partial charge is 0.492 e. The molecule has 58 valence electrons. The smallest absolute Gasteiger partial charge is 0.139 e.